The largest absolute Gasteiger partial charge is 0.484 e. The number of ether oxygens (including phenoxy) is 1. The SMILES string of the molecule is O=C(COc1ccc(C(F)(F)F)cc1)N1CCCC(O)C1. The number of alkyl halides is 3. The van der Waals surface area contributed by atoms with Gasteiger partial charge in [0, 0.05) is 13.1 Å². The van der Waals surface area contributed by atoms with Gasteiger partial charge in [0.2, 0.25) is 0 Å². The number of amides is 1. The van der Waals surface area contributed by atoms with Crippen LogP contribution in [0.4, 0.5) is 13.2 Å². The zero-order chi connectivity index (χ0) is 15.5. The summed E-state index contributed by atoms with van der Waals surface area (Å²) in [6.07, 6.45) is -3.51. The van der Waals surface area contributed by atoms with Gasteiger partial charge in [0.05, 0.1) is 11.7 Å². The van der Waals surface area contributed by atoms with Crippen LogP contribution in [0.2, 0.25) is 0 Å². The van der Waals surface area contributed by atoms with E-state index in [2.05, 4.69) is 0 Å². The summed E-state index contributed by atoms with van der Waals surface area (Å²) in [6, 6.07) is 4.18. The normalized spacial score (nSPS) is 19.4. The van der Waals surface area contributed by atoms with Gasteiger partial charge in [0.15, 0.2) is 6.61 Å². The molecule has 1 aliphatic rings. The van der Waals surface area contributed by atoms with Gasteiger partial charge in [-0.15, -0.1) is 0 Å². The molecule has 0 saturated carbocycles. The molecule has 1 amide bonds. The fourth-order valence-electron chi connectivity index (χ4n) is 2.16. The van der Waals surface area contributed by atoms with Gasteiger partial charge in [0.1, 0.15) is 5.75 Å². The van der Waals surface area contributed by atoms with Gasteiger partial charge in [-0.2, -0.15) is 13.2 Å². The highest BCUT2D eigenvalue weighted by Crippen LogP contribution is 2.30. The summed E-state index contributed by atoms with van der Waals surface area (Å²) in [5, 5.41) is 9.48. The molecule has 7 heteroatoms. The van der Waals surface area contributed by atoms with Gasteiger partial charge >= 0.3 is 6.18 Å². The van der Waals surface area contributed by atoms with E-state index in [9.17, 15) is 23.1 Å². The van der Waals surface area contributed by atoms with Crippen LogP contribution in [-0.2, 0) is 11.0 Å². The van der Waals surface area contributed by atoms with Crippen LogP contribution in [-0.4, -0.2) is 41.7 Å². The maximum atomic E-state index is 12.4. The Morgan fingerprint density at radius 2 is 2.00 bits per heavy atom. The fourth-order valence-corrected chi connectivity index (χ4v) is 2.16. The molecular weight excluding hydrogens is 287 g/mol. The molecule has 1 aromatic carbocycles. The van der Waals surface area contributed by atoms with Gasteiger partial charge in [-0.05, 0) is 37.1 Å². The average molecular weight is 303 g/mol. The Morgan fingerprint density at radius 1 is 1.33 bits per heavy atom. The van der Waals surface area contributed by atoms with Gasteiger partial charge in [0.25, 0.3) is 5.91 Å². The molecule has 2 rings (SSSR count). The number of hydrogen-bond acceptors (Lipinski definition) is 3. The highest BCUT2D eigenvalue weighted by molar-refractivity contribution is 5.77. The number of carbonyl (C=O) groups excluding carboxylic acids is 1. The van der Waals surface area contributed by atoms with Crippen LogP contribution in [0.25, 0.3) is 0 Å². The second-order valence-corrected chi connectivity index (χ2v) is 4.95. The van der Waals surface area contributed by atoms with Crippen molar-refractivity contribution in [3.63, 3.8) is 0 Å². The number of aliphatic hydroxyl groups is 1. The van der Waals surface area contributed by atoms with Crippen molar-refractivity contribution >= 4 is 5.91 Å². The molecule has 0 aliphatic carbocycles. The molecule has 1 aromatic rings. The number of likely N-dealkylation sites (tertiary alicyclic amines) is 1. The monoisotopic (exact) mass is 303 g/mol. The minimum absolute atomic E-state index is 0.203. The first-order chi connectivity index (χ1) is 9.86. The zero-order valence-electron chi connectivity index (χ0n) is 11.3. The van der Waals surface area contributed by atoms with Crippen LogP contribution in [0.5, 0.6) is 5.75 Å². The molecule has 0 aromatic heterocycles. The lowest BCUT2D eigenvalue weighted by molar-refractivity contribution is -0.138. The number of piperidine rings is 1. The highest BCUT2D eigenvalue weighted by Gasteiger charge is 2.30. The van der Waals surface area contributed by atoms with Gasteiger partial charge < -0.3 is 14.7 Å². The third-order valence-electron chi connectivity index (χ3n) is 3.29. The second-order valence-electron chi connectivity index (χ2n) is 4.95. The van der Waals surface area contributed by atoms with E-state index in [1.54, 1.807) is 0 Å². The summed E-state index contributed by atoms with van der Waals surface area (Å²) in [7, 11) is 0. The van der Waals surface area contributed by atoms with E-state index in [0.29, 0.717) is 13.0 Å². The molecule has 1 N–H and O–H groups in total. The molecule has 1 unspecified atom stereocenters. The summed E-state index contributed by atoms with van der Waals surface area (Å²) in [5.74, 6) is -0.0810. The van der Waals surface area contributed by atoms with E-state index < -0.39 is 17.8 Å². The molecule has 0 bridgehead atoms. The molecule has 1 heterocycles. The van der Waals surface area contributed by atoms with E-state index in [4.69, 9.17) is 4.74 Å². The lowest BCUT2D eigenvalue weighted by Crippen LogP contribution is -2.44. The van der Waals surface area contributed by atoms with Crippen LogP contribution >= 0.6 is 0 Å². The summed E-state index contributed by atoms with van der Waals surface area (Å²) in [6.45, 7) is 0.583. The zero-order valence-corrected chi connectivity index (χ0v) is 11.3. The minimum Gasteiger partial charge on any atom is -0.484 e. The summed E-state index contributed by atoms with van der Waals surface area (Å²) >= 11 is 0. The van der Waals surface area contributed by atoms with Crippen LogP contribution in [0.1, 0.15) is 18.4 Å². The molecule has 1 atom stereocenters. The highest BCUT2D eigenvalue weighted by atomic mass is 19.4. The minimum atomic E-state index is -4.39. The van der Waals surface area contributed by atoms with Crippen molar-refractivity contribution in [1.29, 1.82) is 0 Å². The van der Waals surface area contributed by atoms with E-state index >= 15 is 0 Å². The van der Waals surface area contributed by atoms with E-state index in [1.807, 2.05) is 0 Å². The number of rotatable bonds is 3. The van der Waals surface area contributed by atoms with Crippen LogP contribution < -0.4 is 4.74 Å². The third-order valence-corrected chi connectivity index (χ3v) is 3.29. The number of hydrogen-bond donors (Lipinski definition) is 1. The number of nitrogens with zero attached hydrogens (tertiary/aromatic N) is 1. The number of β-amino-alcohol motifs (C(OH)–C–C–N with tert-alkyl or cyclic N) is 1. The number of benzene rings is 1. The number of carbonyl (C=O) groups is 1. The lowest BCUT2D eigenvalue weighted by Gasteiger charge is -2.30. The number of aliphatic hydroxyl groups excluding tert-OH is 1. The quantitative estimate of drug-likeness (QED) is 0.930. The van der Waals surface area contributed by atoms with Crippen molar-refractivity contribution in [2.24, 2.45) is 0 Å². The Bertz CT molecular complexity index is 487. The third kappa shape index (κ3) is 4.35. The fraction of sp³-hybridized carbons (Fsp3) is 0.500. The van der Waals surface area contributed by atoms with Gasteiger partial charge in [-0.1, -0.05) is 0 Å². The van der Waals surface area contributed by atoms with Crippen molar-refractivity contribution < 1.29 is 27.8 Å². The van der Waals surface area contributed by atoms with E-state index in [1.165, 1.54) is 17.0 Å². The topological polar surface area (TPSA) is 49.8 Å². The Labute approximate surface area is 120 Å². The van der Waals surface area contributed by atoms with Crippen molar-refractivity contribution in [2.75, 3.05) is 19.7 Å². The number of halogens is 3. The molecular formula is C14H16F3NO3. The van der Waals surface area contributed by atoms with Crippen LogP contribution in [0, 0.1) is 0 Å². The standard InChI is InChI=1S/C14H16F3NO3/c15-14(16,17)10-3-5-12(6-4-10)21-9-13(20)18-7-1-2-11(19)8-18/h3-6,11,19H,1-2,7-9H2. The van der Waals surface area contributed by atoms with Crippen molar-refractivity contribution in [2.45, 2.75) is 25.1 Å². The van der Waals surface area contributed by atoms with Crippen molar-refractivity contribution in [1.82, 2.24) is 4.90 Å². The van der Waals surface area contributed by atoms with Gasteiger partial charge in [-0.3, -0.25) is 4.79 Å². The molecule has 1 saturated heterocycles. The maximum Gasteiger partial charge on any atom is 0.416 e. The molecule has 0 radical (unpaired) electrons. The first-order valence-corrected chi connectivity index (χ1v) is 6.62. The first kappa shape index (κ1) is 15.6. The smallest absolute Gasteiger partial charge is 0.416 e. The molecule has 0 spiro atoms. The second kappa shape index (κ2) is 6.34. The van der Waals surface area contributed by atoms with Crippen LogP contribution in [0.15, 0.2) is 24.3 Å². The molecule has 1 fully saturated rings. The maximum absolute atomic E-state index is 12.4. The lowest BCUT2D eigenvalue weighted by atomic mass is 10.1. The average Bonchev–Trinajstić information content (AvgIpc) is 2.44. The summed E-state index contributed by atoms with van der Waals surface area (Å²) in [4.78, 5) is 13.4. The predicted molar refractivity (Wildman–Crippen MR) is 68.8 cm³/mol. The molecule has 21 heavy (non-hydrogen) atoms. The molecule has 4 nitrogen and oxygen atoms in total. The Kier molecular flexibility index (Phi) is 4.72. The first-order valence-electron chi connectivity index (χ1n) is 6.62. The van der Waals surface area contributed by atoms with E-state index in [0.717, 1.165) is 18.6 Å². The molecule has 116 valence electrons. The van der Waals surface area contributed by atoms with Crippen LogP contribution in [0.3, 0.4) is 0 Å². The Balaban J connectivity index is 1.86. The Morgan fingerprint density at radius 3 is 2.57 bits per heavy atom. The predicted octanol–water partition coefficient (Wildman–Crippen LogP) is 2.07. The van der Waals surface area contributed by atoms with Crippen molar-refractivity contribution in [3.05, 3.63) is 29.8 Å². The summed E-state index contributed by atoms with van der Waals surface area (Å²) in [5.41, 5.74) is -0.764. The van der Waals surface area contributed by atoms with Crippen molar-refractivity contribution in [3.8, 4) is 5.75 Å². The summed E-state index contributed by atoms with van der Waals surface area (Å²) < 4.78 is 42.3. The van der Waals surface area contributed by atoms with Gasteiger partial charge in [-0.25, -0.2) is 0 Å². The van der Waals surface area contributed by atoms with E-state index in [-0.39, 0.29) is 24.8 Å². The Hall–Kier alpha value is -1.76. The molecule has 1 aliphatic heterocycles.